The third kappa shape index (κ3) is 31.1. The highest BCUT2D eigenvalue weighted by Gasteiger charge is 2.53. The van der Waals surface area contributed by atoms with E-state index in [0.717, 1.165) is 64.2 Å². The fourth-order valence-electron chi connectivity index (χ4n) is 10.6. The molecule has 12 N–H and O–H groups in total. The molecular weight excluding hydrogens is 1110 g/mol. The molecule has 0 saturated carbocycles. The lowest BCUT2D eigenvalue weighted by Gasteiger charge is -2.48. The minimum Gasteiger partial charge on any atom is -0.394 e. The van der Waals surface area contributed by atoms with Crippen LogP contribution < -0.4 is 5.32 Å². The molecule has 3 fully saturated rings. The van der Waals surface area contributed by atoms with Crippen molar-refractivity contribution in [3.8, 4) is 0 Å². The van der Waals surface area contributed by atoms with Crippen molar-refractivity contribution in [1.29, 1.82) is 0 Å². The standard InChI is InChI=1S/C67H115NO18/c1-3-5-7-9-11-13-15-17-19-20-21-22-23-24-25-26-27-28-29-31-32-34-36-38-40-42-44-51(72)50(68-55(73)45-43-41-39-37-35-33-30-18-16-14-12-10-8-6-4-2)49-81-65-61(79)58(76)63(53(47-70)83-65)86-67-62(80)59(77)64(54(48-71)84-67)85-66-60(78)57(75)56(74)52(46-69)82-66/h6,8,12,14,18,28-30,34-37,42,44,50-54,56-67,69-72,74-80H,3-5,7,9-11,13,15-17,19-27,31-33,38-41,43,45-49H2,1-2H3,(H,68,73)/b8-6-,14-12-,29-28+,30-18-,36-34+,37-35-,44-42+. The highest BCUT2D eigenvalue weighted by molar-refractivity contribution is 5.76. The predicted molar refractivity (Wildman–Crippen MR) is 332 cm³/mol. The van der Waals surface area contributed by atoms with Crippen LogP contribution in [0.25, 0.3) is 0 Å². The average Bonchev–Trinajstić information content (AvgIpc) is 2.24. The Morgan fingerprint density at radius 1 is 0.430 bits per heavy atom. The Hall–Kier alpha value is -3.03. The zero-order valence-corrected chi connectivity index (χ0v) is 52.0. The quantitative estimate of drug-likeness (QED) is 0.0207. The smallest absolute Gasteiger partial charge is 0.220 e. The molecule has 0 aliphatic carbocycles. The lowest BCUT2D eigenvalue weighted by molar-refractivity contribution is -0.379. The van der Waals surface area contributed by atoms with Gasteiger partial charge in [-0.05, 0) is 83.5 Å². The van der Waals surface area contributed by atoms with Gasteiger partial charge < -0.3 is 89.9 Å². The van der Waals surface area contributed by atoms with E-state index in [1.807, 2.05) is 6.08 Å². The van der Waals surface area contributed by atoms with Crippen molar-refractivity contribution in [2.24, 2.45) is 0 Å². The summed E-state index contributed by atoms with van der Waals surface area (Å²) in [4.78, 5) is 13.3. The van der Waals surface area contributed by atoms with Crippen LogP contribution in [0.3, 0.4) is 0 Å². The number of carbonyl (C=O) groups excluding carboxylic acids is 1. The first kappa shape index (κ1) is 77.2. The summed E-state index contributed by atoms with van der Waals surface area (Å²) in [5, 5.41) is 120. The second-order valence-electron chi connectivity index (χ2n) is 23.2. The number of hydrogen-bond acceptors (Lipinski definition) is 18. The molecule has 3 aliphatic heterocycles. The zero-order valence-electron chi connectivity index (χ0n) is 52.0. The molecule has 0 aromatic heterocycles. The molecule has 3 rings (SSSR count). The summed E-state index contributed by atoms with van der Waals surface area (Å²) in [7, 11) is 0. The number of aliphatic hydroxyl groups excluding tert-OH is 11. The van der Waals surface area contributed by atoms with Crippen LogP contribution in [-0.4, -0.2) is 193 Å². The van der Waals surface area contributed by atoms with E-state index in [9.17, 15) is 61.0 Å². The molecule has 1 amide bonds. The molecular formula is C67H115NO18. The van der Waals surface area contributed by atoms with Gasteiger partial charge in [0, 0.05) is 6.42 Å². The van der Waals surface area contributed by atoms with Crippen molar-refractivity contribution in [2.45, 2.75) is 304 Å². The van der Waals surface area contributed by atoms with Gasteiger partial charge in [-0.3, -0.25) is 4.79 Å². The largest absolute Gasteiger partial charge is 0.394 e. The van der Waals surface area contributed by atoms with Crippen LogP contribution in [0, 0.1) is 0 Å². The van der Waals surface area contributed by atoms with Crippen molar-refractivity contribution in [2.75, 3.05) is 26.4 Å². The molecule has 0 aromatic carbocycles. The second kappa shape index (κ2) is 48.8. The third-order valence-corrected chi connectivity index (χ3v) is 15.9. The van der Waals surface area contributed by atoms with Gasteiger partial charge in [0.15, 0.2) is 18.9 Å². The van der Waals surface area contributed by atoms with Crippen molar-refractivity contribution in [3.05, 3.63) is 85.1 Å². The van der Waals surface area contributed by atoms with Crippen LogP contribution in [0.15, 0.2) is 85.1 Å². The molecule has 17 unspecified atom stereocenters. The maximum atomic E-state index is 13.3. The number of ether oxygens (including phenoxy) is 6. The molecule has 0 spiro atoms. The van der Waals surface area contributed by atoms with Gasteiger partial charge >= 0.3 is 0 Å². The van der Waals surface area contributed by atoms with Gasteiger partial charge in [-0.15, -0.1) is 0 Å². The number of nitrogens with one attached hydrogen (secondary N) is 1. The van der Waals surface area contributed by atoms with E-state index in [-0.39, 0.29) is 12.3 Å². The van der Waals surface area contributed by atoms with Gasteiger partial charge in [-0.1, -0.05) is 195 Å². The Morgan fingerprint density at radius 3 is 1.30 bits per heavy atom. The summed E-state index contributed by atoms with van der Waals surface area (Å²) < 4.78 is 34.2. The van der Waals surface area contributed by atoms with Gasteiger partial charge in [-0.2, -0.15) is 0 Å². The summed E-state index contributed by atoms with van der Waals surface area (Å²) in [5.41, 5.74) is 0. The normalized spacial score (nSPS) is 29.3. The number of rotatable bonds is 48. The van der Waals surface area contributed by atoms with Crippen LogP contribution in [0.2, 0.25) is 0 Å². The molecule has 86 heavy (non-hydrogen) atoms. The molecule has 19 heteroatoms. The van der Waals surface area contributed by atoms with Gasteiger partial charge in [0.2, 0.25) is 5.91 Å². The first-order valence-corrected chi connectivity index (χ1v) is 32.8. The Labute approximate surface area is 514 Å². The third-order valence-electron chi connectivity index (χ3n) is 15.9. The first-order valence-electron chi connectivity index (χ1n) is 32.8. The van der Waals surface area contributed by atoms with Crippen molar-refractivity contribution in [1.82, 2.24) is 5.32 Å². The monoisotopic (exact) mass is 1220 g/mol. The fraction of sp³-hybridized carbons (Fsp3) is 0.776. The van der Waals surface area contributed by atoms with Crippen molar-refractivity contribution >= 4 is 5.91 Å². The van der Waals surface area contributed by atoms with E-state index in [4.69, 9.17) is 28.4 Å². The first-order chi connectivity index (χ1) is 41.8. The molecule has 496 valence electrons. The highest BCUT2D eigenvalue weighted by Crippen LogP contribution is 2.33. The van der Waals surface area contributed by atoms with Gasteiger partial charge in [0.05, 0.1) is 38.6 Å². The Bertz CT molecular complexity index is 1890. The van der Waals surface area contributed by atoms with Crippen molar-refractivity contribution < 1.29 is 89.4 Å². The summed E-state index contributed by atoms with van der Waals surface area (Å²) in [6.45, 7) is 1.54. The minimum atomic E-state index is -1.99. The second-order valence-corrected chi connectivity index (χ2v) is 23.2. The molecule has 19 nitrogen and oxygen atoms in total. The summed E-state index contributed by atoms with van der Waals surface area (Å²) >= 11 is 0. The van der Waals surface area contributed by atoms with Crippen LogP contribution in [0.1, 0.15) is 200 Å². The van der Waals surface area contributed by atoms with Gasteiger partial charge in [-0.25, -0.2) is 0 Å². The van der Waals surface area contributed by atoms with Crippen molar-refractivity contribution in [3.63, 3.8) is 0 Å². The molecule has 0 radical (unpaired) electrons. The number of unbranched alkanes of at least 4 members (excludes halogenated alkanes) is 20. The average molecular weight is 1220 g/mol. The number of hydrogen-bond donors (Lipinski definition) is 12. The van der Waals surface area contributed by atoms with E-state index in [1.165, 1.54) is 103 Å². The Balaban J connectivity index is 1.48. The summed E-state index contributed by atoms with van der Waals surface area (Å²) in [6.07, 6.45) is 34.4. The van der Waals surface area contributed by atoms with E-state index in [0.29, 0.717) is 12.8 Å². The number of carbonyl (C=O) groups is 1. The Kier molecular flexibility index (Phi) is 43.8. The molecule has 0 aromatic rings. The topological polar surface area (TPSA) is 307 Å². The number of allylic oxidation sites excluding steroid dienone is 13. The fourth-order valence-corrected chi connectivity index (χ4v) is 10.6. The van der Waals surface area contributed by atoms with Crippen LogP contribution in [0.4, 0.5) is 0 Å². The van der Waals surface area contributed by atoms with Crippen LogP contribution in [0.5, 0.6) is 0 Å². The lowest BCUT2D eigenvalue weighted by Crippen LogP contribution is -2.66. The number of amides is 1. The number of aliphatic hydroxyl groups is 11. The Morgan fingerprint density at radius 2 is 0.814 bits per heavy atom. The highest BCUT2D eigenvalue weighted by atomic mass is 16.8. The minimum absolute atomic E-state index is 0.175. The molecule has 0 bridgehead atoms. The van der Waals surface area contributed by atoms with E-state index in [2.05, 4.69) is 92.1 Å². The van der Waals surface area contributed by atoms with E-state index < -0.39 is 131 Å². The SMILES string of the molecule is CC/C=C\C/C=C\C/C=C\C/C=C\CCCCC(=O)NC(COC1OC(CO)C(OC2OC(CO)C(OC3OC(CO)C(O)C(O)C3O)C(O)C2O)C(O)C1O)C(O)/C=C/CC/C=C/CC/C=C/CCCCCCCCCCCCCCCCCC. The van der Waals surface area contributed by atoms with Crippen LogP contribution >= 0.6 is 0 Å². The molecule has 3 heterocycles. The lowest BCUT2D eigenvalue weighted by atomic mass is 9.96. The van der Waals surface area contributed by atoms with E-state index >= 15 is 0 Å². The molecule has 3 aliphatic rings. The molecule has 3 saturated heterocycles. The van der Waals surface area contributed by atoms with Gasteiger partial charge in [0.1, 0.15) is 73.2 Å². The van der Waals surface area contributed by atoms with Crippen LogP contribution in [-0.2, 0) is 33.2 Å². The predicted octanol–water partition coefficient (Wildman–Crippen LogP) is 7.54. The maximum absolute atomic E-state index is 13.3. The summed E-state index contributed by atoms with van der Waals surface area (Å²) in [6, 6.07) is -1.02. The summed E-state index contributed by atoms with van der Waals surface area (Å²) in [5.74, 6) is -0.333. The zero-order chi connectivity index (χ0) is 62.6. The van der Waals surface area contributed by atoms with E-state index in [1.54, 1.807) is 6.08 Å². The molecule has 17 atom stereocenters. The van der Waals surface area contributed by atoms with Gasteiger partial charge in [0.25, 0.3) is 0 Å². The maximum Gasteiger partial charge on any atom is 0.220 e.